The lowest BCUT2D eigenvalue weighted by molar-refractivity contribution is 0.0602. The monoisotopic (exact) mass is 355 g/mol. The van der Waals surface area contributed by atoms with Gasteiger partial charge in [-0.2, -0.15) is 0 Å². The van der Waals surface area contributed by atoms with Crippen molar-refractivity contribution in [3.8, 4) is 0 Å². The van der Waals surface area contributed by atoms with Crippen molar-refractivity contribution in [2.45, 2.75) is 0 Å². The van der Waals surface area contributed by atoms with Crippen LogP contribution in [-0.4, -0.2) is 18.1 Å². The summed E-state index contributed by atoms with van der Waals surface area (Å²) in [6.07, 6.45) is 1.48. The average molecular weight is 357 g/mol. The highest BCUT2D eigenvalue weighted by atomic mass is 79.9. The number of rotatable bonds is 3. The summed E-state index contributed by atoms with van der Waals surface area (Å²) < 4.78 is 5.42. The average Bonchev–Trinajstić information content (AvgIpc) is 2.43. The molecule has 0 fully saturated rings. The number of methoxy groups -OCH3 is 1. The van der Waals surface area contributed by atoms with Crippen LogP contribution in [0.1, 0.15) is 10.4 Å². The number of nitrogens with one attached hydrogen (secondary N) is 1. The Morgan fingerprint density at radius 1 is 1.45 bits per heavy atom. The third kappa shape index (κ3) is 3.02. The molecule has 20 heavy (non-hydrogen) atoms. The number of ether oxygens (including phenoxy) is 1. The molecule has 1 aromatic heterocycles. The van der Waals surface area contributed by atoms with E-state index < -0.39 is 5.97 Å². The lowest BCUT2D eigenvalue weighted by atomic mass is 10.2. The first-order chi connectivity index (χ1) is 9.52. The van der Waals surface area contributed by atoms with Crippen LogP contribution in [0.5, 0.6) is 0 Å². The van der Waals surface area contributed by atoms with Gasteiger partial charge >= 0.3 is 5.97 Å². The summed E-state index contributed by atoms with van der Waals surface area (Å²) >= 11 is 9.26. The summed E-state index contributed by atoms with van der Waals surface area (Å²) in [7, 11) is 1.30. The fourth-order valence-corrected chi connectivity index (χ4v) is 2.36. The van der Waals surface area contributed by atoms with E-state index >= 15 is 0 Å². The second kappa shape index (κ2) is 6.11. The van der Waals surface area contributed by atoms with Gasteiger partial charge in [-0.05, 0) is 40.2 Å². The molecule has 0 aliphatic heterocycles. The number of carbonyl (C=O) groups excluding carboxylic acids is 1. The van der Waals surface area contributed by atoms with Crippen LogP contribution in [0.2, 0.25) is 5.02 Å². The van der Waals surface area contributed by atoms with Crippen molar-refractivity contribution in [1.82, 2.24) is 4.98 Å². The third-order valence-corrected chi connectivity index (χ3v) is 3.47. The zero-order valence-electron chi connectivity index (χ0n) is 10.5. The maximum absolute atomic E-state index is 11.6. The van der Waals surface area contributed by atoms with Gasteiger partial charge < -0.3 is 15.8 Å². The number of carbonyl (C=O) groups is 1. The van der Waals surface area contributed by atoms with Crippen LogP contribution in [0.15, 0.2) is 34.9 Å². The number of nitrogens with two attached hydrogens (primary N) is 1. The molecule has 0 unspecified atom stereocenters. The molecular weight excluding hydrogens is 346 g/mol. The van der Waals surface area contributed by atoms with E-state index in [1.807, 2.05) is 0 Å². The molecule has 0 spiro atoms. The summed E-state index contributed by atoms with van der Waals surface area (Å²) in [6.45, 7) is 0. The number of benzene rings is 1. The highest BCUT2D eigenvalue weighted by molar-refractivity contribution is 9.10. The summed E-state index contributed by atoms with van der Waals surface area (Å²) in [4.78, 5) is 15.7. The number of halogens is 2. The number of hydrogen-bond acceptors (Lipinski definition) is 5. The van der Waals surface area contributed by atoms with Gasteiger partial charge in [0.2, 0.25) is 0 Å². The van der Waals surface area contributed by atoms with Crippen molar-refractivity contribution in [2.24, 2.45) is 0 Å². The Bertz CT molecular complexity index is 664. The summed E-state index contributed by atoms with van der Waals surface area (Å²) in [5.74, 6) is -0.140. The predicted octanol–water partition coefficient (Wildman–Crippen LogP) is 3.61. The Morgan fingerprint density at radius 2 is 2.20 bits per heavy atom. The number of nitrogen functional groups attached to an aromatic ring is 1. The van der Waals surface area contributed by atoms with E-state index in [-0.39, 0.29) is 11.3 Å². The van der Waals surface area contributed by atoms with E-state index in [2.05, 4.69) is 31.0 Å². The van der Waals surface area contributed by atoms with Crippen molar-refractivity contribution in [3.63, 3.8) is 0 Å². The Kier molecular flexibility index (Phi) is 4.46. The molecule has 104 valence electrons. The van der Waals surface area contributed by atoms with Gasteiger partial charge in [0.1, 0.15) is 0 Å². The van der Waals surface area contributed by atoms with Gasteiger partial charge in [0.05, 0.1) is 24.0 Å². The second-order valence-electron chi connectivity index (χ2n) is 3.86. The first-order valence-corrected chi connectivity index (χ1v) is 6.75. The number of pyridine rings is 1. The number of hydrogen-bond donors (Lipinski definition) is 2. The zero-order chi connectivity index (χ0) is 14.7. The minimum Gasteiger partial charge on any atom is -0.465 e. The molecule has 3 N–H and O–H groups in total. The van der Waals surface area contributed by atoms with Crippen molar-refractivity contribution in [3.05, 3.63) is 45.5 Å². The Hall–Kier alpha value is -1.79. The quantitative estimate of drug-likeness (QED) is 0.822. The van der Waals surface area contributed by atoms with Gasteiger partial charge in [-0.15, -0.1) is 0 Å². The molecule has 5 nitrogen and oxygen atoms in total. The highest BCUT2D eigenvalue weighted by Crippen LogP contribution is 2.30. The van der Waals surface area contributed by atoms with Crippen LogP contribution >= 0.6 is 27.5 Å². The molecule has 0 radical (unpaired) electrons. The number of esters is 1. The van der Waals surface area contributed by atoms with Gasteiger partial charge in [0.25, 0.3) is 0 Å². The summed E-state index contributed by atoms with van der Waals surface area (Å²) in [5.41, 5.74) is 7.14. The molecular formula is C13H11BrClN3O2. The third-order valence-electron chi connectivity index (χ3n) is 2.58. The molecule has 0 saturated heterocycles. The van der Waals surface area contributed by atoms with Crippen LogP contribution in [0.4, 0.5) is 17.2 Å². The largest absolute Gasteiger partial charge is 0.465 e. The van der Waals surface area contributed by atoms with Crippen LogP contribution in [0, 0.1) is 0 Å². The number of nitrogens with zero attached hydrogens (tertiary/aromatic N) is 1. The number of anilines is 3. The maximum Gasteiger partial charge on any atom is 0.340 e. The van der Waals surface area contributed by atoms with E-state index in [4.69, 9.17) is 17.3 Å². The molecule has 0 aliphatic carbocycles. The second-order valence-corrected chi connectivity index (χ2v) is 5.15. The Balaban J connectivity index is 2.37. The van der Waals surface area contributed by atoms with Crippen molar-refractivity contribution in [1.29, 1.82) is 0 Å². The molecule has 0 saturated carbocycles. The molecule has 0 amide bonds. The summed E-state index contributed by atoms with van der Waals surface area (Å²) in [5, 5.41) is 3.64. The molecule has 1 aromatic carbocycles. The molecule has 0 atom stereocenters. The minimum atomic E-state index is -0.511. The van der Waals surface area contributed by atoms with Crippen molar-refractivity contribution < 1.29 is 9.53 Å². The first-order valence-electron chi connectivity index (χ1n) is 5.57. The van der Waals surface area contributed by atoms with E-state index in [0.29, 0.717) is 10.8 Å². The topological polar surface area (TPSA) is 77.2 Å². The van der Waals surface area contributed by atoms with E-state index in [0.717, 1.165) is 10.2 Å². The van der Waals surface area contributed by atoms with Crippen molar-refractivity contribution in [2.75, 3.05) is 18.2 Å². The number of aromatic nitrogens is 1. The van der Waals surface area contributed by atoms with Gasteiger partial charge in [-0.25, -0.2) is 9.78 Å². The highest BCUT2D eigenvalue weighted by Gasteiger charge is 2.14. The molecule has 7 heteroatoms. The zero-order valence-corrected chi connectivity index (χ0v) is 12.8. The SMILES string of the molecule is COC(=O)c1ccnc(Nc2ccc(Cl)cc2Br)c1N. The van der Waals surface area contributed by atoms with Gasteiger partial charge in [-0.1, -0.05) is 11.6 Å². The smallest absolute Gasteiger partial charge is 0.340 e. The van der Waals surface area contributed by atoms with Gasteiger partial charge in [0, 0.05) is 15.7 Å². The van der Waals surface area contributed by atoms with E-state index in [9.17, 15) is 4.79 Å². The molecule has 0 aliphatic rings. The fourth-order valence-electron chi connectivity index (χ4n) is 1.58. The van der Waals surface area contributed by atoms with Gasteiger partial charge in [0.15, 0.2) is 5.82 Å². The molecule has 0 bridgehead atoms. The molecule has 2 rings (SSSR count). The lowest BCUT2D eigenvalue weighted by Gasteiger charge is -2.12. The van der Waals surface area contributed by atoms with Crippen LogP contribution in [0.25, 0.3) is 0 Å². The molecule has 1 heterocycles. The first kappa shape index (κ1) is 14.6. The van der Waals surface area contributed by atoms with E-state index in [1.54, 1.807) is 18.2 Å². The lowest BCUT2D eigenvalue weighted by Crippen LogP contribution is -2.09. The molecule has 2 aromatic rings. The normalized spacial score (nSPS) is 10.2. The van der Waals surface area contributed by atoms with Crippen LogP contribution in [0.3, 0.4) is 0 Å². The Morgan fingerprint density at radius 3 is 2.85 bits per heavy atom. The maximum atomic E-state index is 11.6. The van der Waals surface area contributed by atoms with Crippen LogP contribution < -0.4 is 11.1 Å². The van der Waals surface area contributed by atoms with Crippen molar-refractivity contribution >= 4 is 50.7 Å². The minimum absolute atomic E-state index is 0.223. The van der Waals surface area contributed by atoms with E-state index in [1.165, 1.54) is 19.4 Å². The van der Waals surface area contributed by atoms with Gasteiger partial charge in [-0.3, -0.25) is 0 Å². The predicted molar refractivity (Wildman–Crippen MR) is 82.4 cm³/mol. The fraction of sp³-hybridized carbons (Fsp3) is 0.0769. The Labute approximate surface area is 129 Å². The summed E-state index contributed by atoms with van der Waals surface area (Å²) in [6, 6.07) is 6.75. The standard InChI is InChI=1S/C13H11BrClN3O2/c1-20-13(19)8-4-5-17-12(11(8)16)18-10-3-2-7(15)6-9(10)14/h2-6H,16H2,1H3,(H,17,18). The van der Waals surface area contributed by atoms with Crippen LogP contribution in [-0.2, 0) is 4.74 Å².